The van der Waals surface area contributed by atoms with E-state index in [0.29, 0.717) is 18.6 Å². The lowest BCUT2D eigenvalue weighted by Crippen LogP contribution is -2.26. The largest absolute Gasteiger partial charge is 0.462 e. The Kier molecular flexibility index (Phi) is 35.2. The van der Waals surface area contributed by atoms with E-state index in [-0.39, 0.29) is 18.5 Å². The van der Waals surface area contributed by atoms with Gasteiger partial charge in [0.2, 0.25) is 0 Å². The summed E-state index contributed by atoms with van der Waals surface area (Å²) >= 11 is 4.28. The molecule has 0 saturated heterocycles. The lowest BCUT2D eigenvalue weighted by Gasteiger charge is -2.16. The van der Waals surface area contributed by atoms with E-state index in [4.69, 9.17) is 9.47 Å². The number of thiol groups is 1. The molecule has 0 unspecified atom stereocenters. The van der Waals surface area contributed by atoms with Crippen LogP contribution in [0.25, 0.3) is 0 Å². The van der Waals surface area contributed by atoms with Gasteiger partial charge in [-0.15, -0.1) is 0 Å². The van der Waals surface area contributed by atoms with E-state index in [2.05, 4.69) is 50.8 Å². The van der Waals surface area contributed by atoms with Crippen LogP contribution in [0.15, 0.2) is 24.3 Å². The van der Waals surface area contributed by atoms with Crippen molar-refractivity contribution in [2.45, 2.75) is 200 Å². The lowest BCUT2D eigenvalue weighted by molar-refractivity contribution is -0.157. The van der Waals surface area contributed by atoms with Crippen LogP contribution in [0.3, 0.4) is 0 Å². The first-order valence-electron chi connectivity index (χ1n) is 18.9. The molecule has 0 aromatic rings. The molecule has 0 fully saturated rings. The first-order valence-corrected chi connectivity index (χ1v) is 19.5. The molecule has 5 heteroatoms. The van der Waals surface area contributed by atoms with Crippen LogP contribution in [0.5, 0.6) is 0 Å². The number of hydrogen-bond donors (Lipinski definition) is 1. The first-order chi connectivity index (χ1) is 21.6. The highest BCUT2D eigenvalue weighted by molar-refractivity contribution is 7.80. The first kappa shape index (κ1) is 42.8. The summed E-state index contributed by atoms with van der Waals surface area (Å²) in [5.41, 5.74) is 0. The molecule has 0 heterocycles. The average molecular weight is 637 g/mol. The third kappa shape index (κ3) is 33.7. The molecule has 44 heavy (non-hydrogen) atoms. The van der Waals surface area contributed by atoms with E-state index in [1.807, 2.05) is 0 Å². The van der Waals surface area contributed by atoms with E-state index in [0.717, 1.165) is 44.9 Å². The molecular formula is C39H72O4S. The van der Waals surface area contributed by atoms with Gasteiger partial charge in [0, 0.05) is 18.6 Å². The topological polar surface area (TPSA) is 52.6 Å². The van der Waals surface area contributed by atoms with Crippen molar-refractivity contribution in [1.29, 1.82) is 0 Å². The fourth-order valence-electron chi connectivity index (χ4n) is 5.31. The van der Waals surface area contributed by atoms with Crippen molar-refractivity contribution in [1.82, 2.24) is 0 Å². The van der Waals surface area contributed by atoms with Crippen molar-refractivity contribution in [3.63, 3.8) is 0 Å². The summed E-state index contributed by atoms with van der Waals surface area (Å²) in [5.74, 6) is -0.0589. The van der Waals surface area contributed by atoms with Crippen molar-refractivity contribution in [3.05, 3.63) is 24.3 Å². The van der Waals surface area contributed by atoms with Crippen molar-refractivity contribution in [3.8, 4) is 0 Å². The number of unbranched alkanes of at least 4 members (excludes halogenated alkanes) is 22. The van der Waals surface area contributed by atoms with E-state index < -0.39 is 6.10 Å². The fourth-order valence-corrected chi connectivity index (χ4v) is 5.49. The molecule has 0 aliphatic rings. The zero-order valence-corrected chi connectivity index (χ0v) is 30.1. The minimum Gasteiger partial charge on any atom is -0.462 e. The van der Waals surface area contributed by atoms with E-state index in [1.54, 1.807) is 0 Å². The lowest BCUT2D eigenvalue weighted by atomic mass is 10.1. The second-order valence-electron chi connectivity index (χ2n) is 12.6. The van der Waals surface area contributed by atoms with Crippen LogP contribution < -0.4 is 0 Å². The maximum Gasteiger partial charge on any atom is 0.306 e. The Morgan fingerprint density at radius 1 is 0.500 bits per heavy atom. The molecule has 0 bridgehead atoms. The molecular weight excluding hydrogens is 564 g/mol. The van der Waals surface area contributed by atoms with Crippen LogP contribution in [0.4, 0.5) is 0 Å². The molecule has 0 N–H and O–H groups in total. The molecule has 0 saturated carbocycles. The van der Waals surface area contributed by atoms with Gasteiger partial charge in [-0.05, 0) is 64.2 Å². The minimum atomic E-state index is -0.466. The van der Waals surface area contributed by atoms with Crippen LogP contribution in [0.2, 0.25) is 0 Å². The fraction of sp³-hybridized carbons (Fsp3) is 0.846. The quantitative estimate of drug-likeness (QED) is 0.0330. The molecule has 258 valence electrons. The second kappa shape index (κ2) is 36.2. The third-order valence-corrected chi connectivity index (χ3v) is 8.62. The normalized spacial score (nSPS) is 12.3. The summed E-state index contributed by atoms with van der Waals surface area (Å²) < 4.78 is 10.9. The van der Waals surface area contributed by atoms with Crippen LogP contribution in [-0.4, -0.2) is 30.4 Å². The molecule has 0 amide bonds. The van der Waals surface area contributed by atoms with Crippen LogP contribution in [0, 0.1) is 0 Å². The van der Waals surface area contributed by atoms with Gasteiger partial charge in [0.05, 0.1) is 0 Å². The highest BCUT2D eigenvalue weighted by Crippen LogP contribution is 2.13. The molecule has 0 rings (SSSR count). The molecule has 0 aromatic carbocycles. The Bertz CT molecular complexity index is 675. The number of allylic oxidation sites excluding steroid dienone is 4. The van der Waals surface area contributed by atoms with Gasteiger partial charge >= 0.3 is 11.9 Å². The molecule has 0 aliphatic heterocycles. The van der Waals surface area contributed by atoms with Gasteiger partial charge < -0.3 is 9.47 Å². The second-order valence-corrected chi connectivity index (χ2v) is 13.0. The Balaban J connectivity index is 3.58. The number of carbonyl (C=O) groups is 2. The highest BCUT2D eigenvalue weighted by Gasteiger charge is 2.15. The molecule has 0 spiro atoms. The summed E-state index contributed by atoms with van der Waals surface area (Å²) in [4.78, 5) is 24.3. The van der Waals surface area contributed by atoms with Gasteiger partial charge in [0.15, 0.2) is 0 Å². The van der Waals surface area contributed by atoms with Gasteiger partial charge in [-0.1, -0.05) is 141 Å². The van der Waals surface area contributed by atoms with Crippen molar-refractivity contribution in [2.24, 2.45) is 0 Å². The summed E-state index contributed by atoms with van der Waals surface area (Å²) in [6, 6.07) is 0. The maximum absolute atomic E-state index is 12.2. The zero-order chi connectivity index (χ0) is 32.2. The van der Waals surface area contributed by atoms with E-state index in [1.165, 1.54) is 122 Å². The monoisotopic (exact) mass is 637 g/mol. The van der Waals surface area contributed by atoms with Gasteiger partial charge in [0.1, 0.15) is 12.7 Å². The number of ether oxygens (including phenoxy) is 2. The Labute approximate surface area is 279 Å². The Morgan fingerprint density at radius 3 is 1.23 bits per heavy atom. The molecule has 1 atom stereocenters. The van der Waals surface area contributed by atoms with Gasteiger partial charge in [-0.2, -0.15) is 12.6 Å². The minimum absolute atomic E-state index is 0.103. The summed E-state index contributed by atoms with van der Waals surface area (Å²) in [6.07, 6.45) is 41.9. The standard InChI is InChI=1S/C39H72O4S/c1-3-5-7-9-11-13-15-17-19-21-23-25-27-29-31-33-38(40)42-35-37(36-44)43-39(41)34-32-30-28-26-24-22-20-18-16-14-12-10-8-6-4-2/h17-20,37,44H,3-16,21-36H2,1-2H3/b19-17+,20-18+/t37-/m0/s1. The number of hydrogen-bond acceptors (Lipinski definition) is 5. The van der Waals surface area contributed by atoms with E-state index in [9.17, 15) is 9.59 Å². The summed E-state index contributed by atoms with van der Waals surface area (Å²) in [5, 5.41) is 0. The molecule has 0 radical (unpaired) electrons. The number of carbonyl (C=O) groups excluding carboxylic acids is 2. The van der Waals surface area contributed by atoms with Crippen LogP contribution >= 0.6 is 12.6 Å². The van der Waals surface area contributed by atoms with Crippen molar-refractivity contribution >= 4 is 24.6 Å². The van der Waals surface area contributed by atoms with Crippen LogP contribution in [0.1, 0.15) is 194 Å². The average Bonchev–Trinajstić information content (AvgIpc) is 3.02. The Morgan fingerprint density at radius 2 is 0.841 bits per heavy atom. The molecule has 0 aromatic heterocycles. The third-order valence-electron chi connectivity index (χ3n) is 8.22. The molecule has 4 nitrogen and oxygen atoms in total. The summed E-state index contributed by atoms with van der Waals surface area (Å²) in [7, 11) is 0. The number of rotatable bonds is 34. The number of esters is 2. The summed E-state index contributed by atoms with van der Waals surface area (Å²) in [6.45, 7) is 4.63. The van der Waals surface area contributed by atoms with Gasteiger partial charge in [-0.25, -0.2) is 0 Å². The predicted molar refractivity (Wildman–Crippen MR) is 194 cm³/mol. The molecule has 0 aliphatic carbocycles. The van der Waals surface area contributed by atoms with Gasteiger partial charge in [-0.3, -0.25) is 9.59 Å². The highest BCUT2D eigenvalue weighted by atomic mass is 32.1. The van der Waals surface area contributed by atoms with Crippen molar-refractivity contribution < 1.29 is 19.1 Å². The van der Waals surface area contributed by atoms with E-state index >= 15 is 0 Å². The van der Waals surface area contributed by atoms with Crippen molar-refractivity contribution in [2.75, 3.05) is 12.4 Å². The predicted octanol–water partition coefficient (Wildman–Crippen LogP) is 12.4. The maximum atomic E-state index is 12.2. The zero-order valence-electron chi connectivity index (χ0n) is 29.2. The Hall–Kier alpha value is -1.23. The smallest absolute Gasteiger partial charge is 0.306 e. The van der Waals surface area contributed by atoms with Crippen LogP contribution in [-0.2, 0) is 19.1 Å². The SMILES string of the molecule is CCCCCCCC/C=C/CCCCCCCC(=O)OC[C@@H](CS)OC(=O)CCCCCCC/C=C/CCCCCCCC. The van der Waals surface area contributed by atoms with Gasteiger partial charge in [0.25, 0.3) is 0 Å².